The van der Waals surface area contributed by atoms with E-state index >= 15 is 0 Å². The van der Waals surface area contributed by atoms with Crippen LogP contribution >= 0.6 is 0 Å². The van der Waals surface area contributed by atoms with E-state index < -0.39 is 0 Å². The molecule has 1 aromatic carbocycles. The van der Waals surface area contributed by atoms with Crippen LogP contribution in [-0.2, 0) is 17.8 Å². The van der Waals surface area contributed by atoms with Crippen molar-refractivity contribution in [3.05, 3.63) is 53.9 Å². The Labute approximate surface area is 142 Å². The first-order chi connectivity index (χ1) is 11.8. The Kier molecular flexibility index (Phi) is 5.48. The minimum Gasteiger partial charge on any atom is -0.450 e. The van der Waals surface area contributed by atoms with E-state index in [0.717, 1.165) is 26.1 Å². The van der Waals surface area contributed by atoms with Gasteiger partial charge in [-0.1, -0.05) is 24.3 Å². The maximum absolute atomic E-state index is 11.8. The zero-order chi connectivity index (χ0) is 16.8. The molecule has 6 nitrogen and oxygen atoms in total. The van der Waals surface area contributed by atoms with E-state index in [4.69, 9.17) is 4.74 Å². The van der Waals surface area contributed by atoms with Gasteiger partial charge in [0.25, 0.3) is 0 Å². The molecule has 1 saturated heterocycles. The van der Waals surface area contributed by atoms with Gasteiger partial charge in [-0.15, -0.1) is 0 Å². The molecule has 3 rings (SSSR count). The molecule has 0 radical (unpaired) electrons. The topological polar surface area (TPSA) is 59.4 Å². The lowest BCUT2D eigenvalue weighted by atomic mass is 10.1. The van der Waals surface area contributed by atoms with Gasteiger partial charge < -0.3 is 15.0 Å². The number of nitrogens with zero attached hydrogens (tertiary/aromatic N) is 3. The van der Waals surface area contributed by atoms with E-state index in [1.165, 1.54) is 11.1 Å². The summed E-state index contributed by atoms with van der Waals surface area (Å²) < 4.78 is 6.99. The summed E-state index contributed by atoms with van der Waals surface area (Å²) >= 11 is 0. The Morgan fingerprint density at radius 2 is 2.17 bits per heavy atom. The summed E-state index contributed by atoms with van der Waals surface area (Å²) in [5.41, 5.74) is 2.52. The zero-order valence-electron chi connectivity index (χ0n) is 14.0. The largest absolute Gasteiger partial charge is 0.450 e. The smallest absolute Gasteiger partial charge is 0.409 e. The third-order valence-electron chi connectivity index (χ3n) is 4.31. The average Bonchev–Trinajstić information content (AvgIpc) is 3.26. The molecule has 0 aliphatic carbocycles. The maximum atomic E-state index is 11.8. The van der Waals surface area contributed by atoms with Crippen LogP contribution in [0.15, 0.2) is 42.7 Å². The van der Waals surface area contributed by atoms with E-state index in [1.807, 2.05) is 23.9 Å². The molecule has 1 fully saturated rings. The molecule has 1 aliphatic rings. The Bertz CT molecular complexity index is 657. The number of ether oxygens (including phenoxy) is 1. The van der Waals surface area contributed by atoms with Crippen LogP contribution < -0.4 is 5.32 Å². The first kappa shape index (κ1) is 16.5. The second-order valence-corrected chi connectivity index (χ2v) is 5.98. The van der Waals surface area contributed by atoms with Crippen LogP contribution in [0.25, 0.3) is 0 Å². The zero-order valence-corrected chi connectivity index (χ0v) is 14.0. The third kappa shape index (κ3) is 4.14. The predicted octanol–water partition coefficient (Wildman–Crippen LogP) is 2.25. The molecule has 1 aromatic heterocycles. The highest BCUT2D eigenvalue weighted by Gasteiger charge is 2.26. The van der Waals surface area contributed by atoms with Crippen molar-refractivity contribution in [2.75, 3.05) is 19.7 Å². The number of hydrogen-bond acceptors (Lipinski definition) is 4. The van der Waals surface area contributed by atoms with Crippen LogP contribution in [0, 0.1) is 0 Å². The highest BCUT2D eigenvalue weighted by molar-refractivity contribution is 5.68. The first-order valence-corrected chi connectivity index (χ1v) is 8.45. The van der Waals surface area contributed by atoms with Crippen LogP contribution in [0.2, 0.25) is 0 Å². The van der Waals surface area contributed by atoms with Gasteiger partial charge >= 0.3 is 6.09 Å². The summed E-state index contributed by atoms with van der Waals surface area (Å²) in [5, 5.41) is 7.84. The van der Waals surface area contributed by atoms with Gasteiger partial charge in [0.15, 0.2) is 0 Å². The van der Waals surface area contributed by atoms with Crippen molar-refractivity contribution < 1.29 is 9.53 Å². The number of likely N-dealkylation sites (tertiary alicyclic amines) is 1. The number of carbonyl (C=O) groups is 1. The quantitative estimate of drug-likeness (QED) is 0.883. The number of aromatic nitrogens is 2. The third-order valence-corrected chi connectivity index (χ3v) is 4.31. The molecular weight excluding hydrogens is 304 g/mol. The van der Waals surface area contributed by atoms with Crippen LogP contribution in [0.1, 0.15) is 24.5 Å². The van der Waals surface area contributed by atoms with Crippen molar-refractivity contribution in [1.82, 2.24) is 20.0 Å². The fraction of sp³-hybridized carbons (Fsp3) is 0.444. The number of carbonyl (C=O) groups excluding carboxylic acids is 1. The van der Waals surface area contributed by atoms with E-state index in [1.54, 1.807) is 11.1 Å². The van der Waals surface area contributed by atoms with Gasteiger partial charge in [-0.25, -0.2) is 4.79 Å². The monoisotopic (exact) mass is 328 g/mol. The Hall–Kier alpha value is -2.34. The van der Waals surface area contributed by atoms with Gasteiger partial charge in [0.2, 0.25) is 0 Å². The molecule has 1 aliphatic heterocycles. The van der Waals surface area contributed by atoms with Gasteiger partial charge in [0, 0.05) is 38.1 Å². The van der Waals surface area contributed by atoms with Crippen molar-refractivity contribution >= 4 is 6.09 Å². The minimum absolute atomic E-state index is 0.208. The van der Waals surface area contributed by atoms with Crippen molar-refractivity contribution in [3.8, 4) is 0 Å². The first-order valence-electron chi connectivity index (χ1n) is 8.45. The molecule has 1 unspecified atom stereocenters. The Morgan fingerprint density at radius 3 is 2.92 bits per heavy atom. The number of amides is 1. The van der Waals surface area contributed by atoms with Crippen LogP contribution in [0.5, 0.6) is 0 Å². The summed E-state index contributed by atoms with van der Waals surface area (Å²) in [6.45, 7) is 5.28. The molecule has 24 heavy (non-hydrogen) atoms. The SMILES string of the molecule is CCOC(=O)N1CCC(NCc2ccccc2Cn2cccn2)C1. The lowest BCUT2D eigenvalue weighted by molar-refractivity contribution is 0.115. The lowest BCUT2D eigenvalue weighted by Gasteiger charge is -2.17. The molecule has 2 aromatic rings. The highest BCUT2D eigenvalue weighted by Crippen LogP contribution is 2.14. The summed E-state index contributed by atoms with van der Waals surface area (Å²) in [5.74, 6) is 0. The average molecular weight is 328 g/mol. The summed E-state index contributed by atoms with van der Waals surface area (Å²) in [6, 6.07) is 10.6. The second kappa shape index (κ2) is 7.97. The predicted molar refractivity (Wildman–Crippen MR) is 91.6 cm³/mol. The van der Waals surface area contributed by atoms with E-state index in [9.17, 15) is 4.79 Å². The minimum atomic E-state index is -0.208. The van der Waals surface area contributed by atoms with Crippen molar-refractivity contribution in [3.63, 3.8) is 0 Å². The van der Waals surface area contributed by atoms with Crippen molar-refractivity contribution in [2.24, 2.45) is 0 Å². The molecule has 6 heteroatoms. The van der Waals surface area contributed by atoms with Crippen LogP contribution in [0.3, 0.4) is 0 Å². The molecule has 0 bridgehead atoms. The van der Waals surface area contributed by atoms with Gasteiger partial charge in [0.05, 0.1) is 13.2 Å². The molecule has 128 valence electrons. The Morgan fingerprint density at radius 1 is 1.33 bits per heavy atom. The molecule has 2 heterocycles. The van der Waals surface area contributed by atoms with Gasteiger partial charge in [0.1, 0.15) is 0 Å². The molecular formula is C18H24N4O2. The summed E-state index contributed by atoms with van der Waals surface area (Å²) in [4.78, 5) is 13.5. The summed E-state index contributed by atoms with van der Waals surface area (Å²) in [7, 11) is 0. The standard InChI is InChI=1S/C18H24N4O2/c1-2-24-18(23)21-11-8-17(14-21)19-12-15-6-3-4-7-16(15)13-22-10-5-9-20-22/h3-7,9-10,17,19H,2,8,11-14H2,1H3. The van der Waals surface area contributed by atoms with Crippen molar-refractivity contribution in [1.29, 1.82) is 0 Å². The lowest BCUT2D eigenvalue weighted by Crippen LogP contribution is -2.35. The van der Waals surface area contributed by atoms with Crippen LogP contribution in [-0.4, -0.2) is 46.5 Å². The van der Waals surface area contributed by atoms with E-state index in [-0.39, 0.29) is 6.09 Å². The fourth-order valence-corrected chi connectivity index (χ4v) is 3.01. The van der Waals surface area contributed by atoms with Crippen molar-refractivity contribution in [2.45, 2.75) is 32.5 Å². The molecule has 1 amide bonds. The van der Waals surface area contributed by atoms with E-state index in [0.29, 0.717) is 19.2 Å². The number of benzene rings is 1. The Balaban J connectivity index is 1.55. The molecule has 0 spiro atoms. The maximum Gasteiger partial charge on any atom is 0.409 e. The van der Waals surface area contributed by atoms with Gasteiger partial charge in [-0.3, -0.25) is 4.68 Å². The summed E-state index contributed by atoms with van der Waals surface area (Å²) in [6.07, 6.45) is 4.52. The molecule has 1 atom stereocenters. The number of nitrogens with one attached hydrogen (secondary N) is 1. The molecule has 1 N–H and O–H groups in total. The normalized spacial score (nSPS) is 17.2. The van der Waals surface area contributed by atoms with E-state index in [2.05, 4.69) is 34.7 Å². The fourth-order valence-electron chi connectivity index (χ4n) is 3.01. The molecule has 0 saturated carbocycles. The number of rotatable bonds is 6. The second-order valence-electron chi connectivity index (χ2n) is 5.98. The van der Waals surface area contributed by atoms with Gasteiger partial charge in [-0.2, -0.15) is 5.10 Å². The van der Waals surface area contributed by atoms with Gasteiger partial charge in [-0.05, 0) is 30.5 Å². The number of hydrogen-bond donors (Lipinski definition) is 1. The highest BCUT2D eigenvalue weighted by atomic mass is 16.6. The van der Waals surface area contributed by atoms with Crippen LogP contribution in [0.4, 0.5) is 4.79 Å².